The van der Waals surface area contributed by atoms with E-state index in [1.165, 1.54) is 18.3 Å². The molecule has 2 aromatic rings. The van der Waals surface area contributed by atoms with Crippen LogP contribution in [-0.4, -0.2) is 30.0 Å². The smallest absolute Gasteiger partial charge is 0.258 e. The summed E-state index contributed by atoms with van der Waals surface area (Å²) in [5.74, 6) is -1.89. The third-order valence-electron chi connectivity index (χ3n) is 2.63. The van der Waals surface area contributed by atoms with E-state index in [-0.39, 0.29) is 16.8 Å². The van der Waals surface area contributed by atoms with Gasteiger partial charge in [-0.05, 0) is 12.1 Å². The van der Waals surface area contributed by atoms with E-state index in [4.69, 9.17) is 11.6 Å². The van der Waals surface area contributed by atoms with Gasteiger partial charge in [0.05, 0.1) is 27.6 Å². The number of alkyl halides is 1. The molecular weight excluding hydrogens is 311 g/mol. The second kappa shape index (κ2) is 5.29. The van der Waals surface area contributed by atoms with Gasteiger partial charge in [0.15, 0.2) is 15.7 Å². The summed E-state index contributed by atoms with van der Waals surface area (Å²) in [5.41, 5.74) is -0.792. The van der Waals surface area contributed by atoms with Gasteiger partial charge in [-0.1, -0.05) is 0 Å². The average molecular weight is 319 g/mol. The fourth-order valence-corrected chi connectivity index (χ4v) is 3.65. The Morgan fingerprint density at radius 3 is 2.75 bits per heavy atom. The molecule has 0 spiro atoms. The van der Waals surface area contributed by atoms with Crippen molar-refractivity contribution in [1.29, 1.82) is 0 Å². The molecule has 106 valence electrons. The van der Waals surface area contributed by atoms with Crippen molar-refractivity contribution < 1.29 is 17.7 Å². The molecule has 0 aliphatic carbocycles. The van der Waals surface area contributed by atoms with E-state index in [9.17, 15) is 22.9 Å². The molecule has 0 radical (unpaired) electrons. The van der Waals surface area contributed by atoms with Gasteiger partial charge in [-0.15, -0.1) is 11.6 Å². The number of halogens is 2. The third-order valence-corrected chi connectivity index (χ3v) is 4.80. The van der Waals surface area contributed by atoms with Gasteiger partial charge in [-0.3, -0.25) is 15.1 Å². The van der Waals surface area contributed by atoms with E-state index in [2.05, 4.69) is 4.98 Å². The summed E-state index contributed by atoms with van der Waals surface area (Å²) in [6, 6.07) is 3.32. The zero-order chi connectivity index (χ0) is 14.9. The minimum atomic E-state index is -4.00. The molecule has 9 heteroatoms. The molecule has 0 saturated carbocycles. The van der Waals surface area contributed by atoms with Crippen molar-refractivity contribution in [3.8, 4) is 0 Å². The van der Waals surface area contributed by atoms with Crippen molar-refractivity contribution in [1.82, 2.24) is 4.98 Å². The number of sulfone groups is 1. The summed E-state index contributed by atoms with van der Waals surface area (Å²) < 4.78 is 38.0. The highest BCUT2D eigenvalue weighted by atomic mass is 35.5. The van der Waals surface area contributed by atoms with Crippen LogP contribution in [0.25, 0.3) is 10.9 Å². The number of aromatic nitrogens is 1. The first-order valence-electron chi connectivity index (χ1n) is 5.39. The van der Waals surface area contributed by atoms with Crippen LogP contribution in [0.3, 0.4) is 0 Å². The molecule has 1 heterocycles. The number of fused-ring (bicyclic) bond motifs is 1. The highest BCUT2D eigenvalue weighted by molar-refractivity contribution is 7.91. The van der Waals surface area contributed by atoms with E-state index in [1.54, 1.807) is 0 Å². The Hall–Kier alpha value is -1.80. The predicted octanol–water partition coefficient (Wildman–Crippen LogP) is 2.29. The first-order chi connectivity index (χ1) is 9.38. The summed E-state index contributed by atoms with van der Waals surface area (Å²) in [4.78, 5) is 13.2. The molecule has 0 N–H and O–H groups in total. The zero-order valence-electron chi connectivity index (χ0n) is 9.92. The maximum Gasteiger partial charge on any atom is 0.281 e. The van der Waals surface area contributed by atoms with Gasteiger partial charge in [0.2, 0.25) is 0 Å². The fraction of sp³-hybridized carbons (Fsp3) is 0.182. The Labute approximate surface area is 118 Å². The van der Waals surface area contributed by atoms with Crippen LogP contribution in [0.2, 0.25) is 0 Å². The fourth-order valence-electron chi connectivity index (χ4n) is 1.82. The molecular formula is C11H8ClFN2O4S. The Morgan fingerprint density at radius 1 is 1.45 bits per heavy atom. The first kappa shape index (κ1) is 14.6. The molecule has 0 bridgehead atoms. The van der Waals surface area contributed by atoms with Gasteiger partial charge in [0.1, 0.15) is 4.90 Å². The maximum atomic E-state index is 14.0. The molecule has 1 aromatic heterocycles. The number of benzene rings is 1. The minimum Gasteiger partial charge on any atom is -0.258 e. The van der Waals surface area contributed by atoms with Crippen LogP contribution in [0.4, 0.5) is 10.1 Å². The van der Waals surface area contributed by atoms with Crippen molar-refractivity contribution in [2.45, 2.75) is 4.90 Å². The van der Waals surface area contributed by atoms with Crippen molar-refractivity contribution in [3.05, 3.63) is 40.3 Å². The lowest BCUT2D eigenvalue weighted by Crippen LogP contribution is -2.12. The second-order valence-corrected chi connectivity index (χ2v) is 6.30. The third kappa shape index (κ3) is 2.44. The van der Waals surface area contributed by atoms with Gasteiger partial charge in [-0.2, -0.15) is 0 Å². The molecule has 0 amide bonds. The number of hydrogen-bond donors (Lipinski definition) is 0. The lowest BCUT2D eigenvalue weighted by Gasteiger charge is -2.08. The van der Waals surface area contributed by atoms with E-state index in [1.807, 2.05) is 0 Å². The molecule has 0 atom stereocenters. The number of rotatable bonds is 4. The monoisotopic (exact) mass is 318 g/mol. The van der Waals surface area contributed by atoms with Gasteiger partial charge < -0.3 is 0 Å². The molecule has 0 aliphatic heterocycles. The van der Waals surface area contributed by atoms with Crippen LogP contribution in [0.5, 0.6) is 0 Å². The van der Waals surface area contributed by atoms with E-state index in [0.717, 1.165) is 0 Å². The Morgan fingerprint density at radius 2 is 2.15 bits per heavy atom. The molecule has 0 fully saturated rings. The largest absolute Gasteiger partial charge is 0.281 e. The van der Waals surface area contributed by atoms with E-state index < -0.39 is 36.9 Å². The summed E-state index contributed by atoms with van der Waals surface area (Å²) in [5, 5.41) is 10.9. The molecule has 2 rings (SSSR count). The molecule has 20 heavy (non-hydrogen) atoms. The van der Waals surface area contributed by atoms with Crippen LogP contribution in [0, 0.1) is 15.9 Å². The lowest BCUT2D eigenvalue weighted by atomic mass is 10.2. The van der Waals surface area contributed by atoms with E-state index >= 15 is 0 Å². The molecule has 6 nitrogen and oxygen atoms in total. The zero-order valence-corrected chi connectivity index (χ0v) is 11.5. The number of pyridine rings is 1. The Bertz CT molecular complexity index is 794. The number of nitro benzene ring substituents is 1. The minimum absolute atomic E-state index is 0.0351. The lowest BCUT2D eigenvalue weighted by molar-refractivity contribution is -0.383. The van der Waals surface area contributed by atoms with Crippen LogP contribution < -0.4 is 0 Å². The van der Waals surface area contributed by atoms with Crippen molar-refractivity contribution in [3.63, 3.8) is 0 Å². The van der Waals surface area contributed by atoms with Crippen molar-refractivity contribution in [2.75, 3.05) is 11.6 Å². The highest BCUT2D eigenvalue weighted by Gasteiger charge is 2.27. The number of hydrogen-bond acceptors (Lipinski definition) is 5. The van der Waals surface area contributed by atoms with Gasteiger partial charge in [0, 0.05) is 12.1 Å². The van der Waals surface area contributed by atoms with E-state index in [0.29, 0.717) is 6.07 Å². The van der Waals surface area contributed by atoms with Crippen LogP contribution in [-0.2, 0) is 9.84 Å². The standard InChI is InChI=1S/C11H8ClFN2O4S/c12-3-5-20(18,19)11-8(13)6-9(15(16)17)7-2-1-4-14-10(7)11/h1-2,4,6H,3,5H2. The van der Waals surface area contributed by atoms with Crippen molar-refractivity contribution in [2.24, 2.45) is 0 Å². The second-order valence-electron chi connectivity index (χ2n) is 3.87. The summed E-state index contributed by atoms with van der Waals surface area (Å²) in [7, 11) is -4.00. The Balaban J connectivity index is 2.91. The molecule has 0 unspecified atom stereocenters. The average Bonchev–Trinajstić information content (AvgIpc) is 2.36. The maximum absolute atomic E-state index is 14.0. The van der Waals surface area contributed by atoms with Crippen LogP contribution in [0.1, 0.15) is 0 Å². The van der Waals surface area contributed by atoms with Crippen LogP contribution >= 0.6 is 11.6 Å². The van der Waals surface area contributed by atoms with Crippen molar-refractivity contribution >= 4 is 38.0 Å². The summed E-state index contributed by atoms with van der Waals surface area (Å²) in [6.07, 6.45) is 1.24. The predicted molar refractivity (Wildman–Crippen MR) is 71.1 cm³/mol. The SMILES string of the molecule is O=[N+]([O-])c1cc(F)c(S(=O)(=O)CCCl)c2ncccc12. The number of nitro groups is 1. The summed E-state index contributed by atoms with van der Waals surface area (Å²) >= 11 is 5.39. The Kier molecular flexibility index (Phi) is 3.87. The first-order valence-corrected chi connectivity index (χ1v) is 7.57. The number of nitrogens with zero attached hydrogens (tertiary/aromatic N) is 2. The summed E-state index contributed by atoms with van der Waals surface area (Å²) in [6.45, 7) is 0. The topological polar surface area (TPSA) is 90.2 Å². The molecule has 0 aliphatic rings. The number of non-ortho nitro benzene ring substituents is 1. The van der Waals surface area contributed by atoms with Crippen LogP contribution in [0.15, 0.2) is 29.3 Å². The molecule has 0 saturated heterocycles. The van der Waals surface area contributed by atoms with Gasteiger partial charge in [0.25, 0.3) is 5.69 Å². The van der Waals surface area contributed by atoms with Gasteiger partial charge in [-0.25, -0.2) is 12.8 Å². The normalized spacial score (nSPS) is 11.7. The highest BCUT2D eigenvalue weighted by Crippen LogP contribution is 2.32. The molecule has 1 aromatic carbocycles. The quantitative estimate of drug-likeness (QED) is 0.490. The van der Waals surface area contributed by atoms with Gasteiger partial charge >= 0.3 is 0 Å².